The SMILES string of the molecule is COC(=O)C1C([P+](c2ccccc2)(c2ccccc2)c2ccccc2)C2C=CC=CC2(C)N1S(=O)(=O)c1ccc(C)cc1. The second-order valence-electron chi connectivity index (χ2n) is 11.3. The molecule has 1 heterocycles. The van der Waals surface area contributed by atoms with E-state index in [4.69, 9.17) is 4.74 Å². The first-order valence-electron chi connectivity index (χ1n) is 14.4. The van der Waals surface area contributed by atoms with Gasteiger partial charge in [0.2, 0.25) is 10.0 Å². The molecule has 4 atom stereocenters. The Morgan fingerprint density at radius 2 is 1.26 bits per heavy atom. The van der Waals surface area contributed by atoms with Crippen molar-refractivity contribution in [3.05, 3.63) is 145 Å². The first-order chi connectivity index (χ1) is 20.8. The van der Waals surface area contributed by atoms with Crippen LogP contribution in [-0.4, -0.2) is 43.0 Å². The normalized spacial score (nSPS) is 23.6. The lowest BCUT2D eigenvalue weighted by Gasteiger charge is -2.38. The number of ether oxygens (including phenoxy) is 1. The van der Waals surface area contributed by atoms with Gasteiger partial charge in [0.25, 0.3) is 0 Å². The van der Waals surface area contributed by atoms with Crippen LogP contribution in [0.4, 0.5) is 0 Å². The summed E-state index contributed by atoms with van der Waals surface area (Å²) >= 11 is 0. The number of sulfonamides is 1. The van der Waals surface area contributed by atoms with Crippen molar-refractivity contribution in [1.82, 2.24) is 4.31 Å². The number of allylic oxidation sites excluding steroid dienone is 2. The number of methoxy groups -OCH3 is 1. The Morgan fingerprint density at radius 3 is 1.72 bits per heavy atom. The van der Waals surface area contributed by atoms with Gasteiger partial charge in [0.15, 0.2) is 6.04 Å². The molecule has 0 radical (unpaired) electrons. The average Bonchev–Trinajstić information content (AvgIpc) is 3.33. The Bertz CT molecular complexity index is 1680. The highest BCUT2D eigenvalue weighted by molar-refractivity contribution is 7.96. The standard InChI is InChI=1S/C36H35NO4PS/c1-27-22-24-31(25-23-27)43(39,40)37-33(35(38)41-3)34(32-21-13-14-26-36(32,37)2)42(28-15-7-4-8-16-28,29-17-9-5-10-18-29)30-19-11-6-12-20-30/h4-26,32-34H,1-3H3/q+1. The van der Waals surface area contributed by atoms with E-state index >= 15 is 0 Å². The maximum atomic E-state index is 14.8. The lowest BCUT2D eigenvalue weighted by atomic mass is 9.83. The Hall–Kier alpha value is -3.83. The zero-order valence-corrected chi connectivity index (χ0v) is 26.2. The fourth-order valence-corrected chi connectivity index (χ4v) is 14.5. The third-order valence-electron chi connectivity index (χ3n) is 8.92. The molecule has 2 aliphatic rings. The molecule has 4 aromatic rings. The lowest BCUT2D eigenvalue weighted by molar-refractivity contribution is -0.144. The van der Waals surface area contributed by atoms with Gasteiger partial charge < -0.3 is 4.74 Å². The molecule has 0 amide bonds. The Kier molecular flexibility index (Phi) is 7.72. The Balaban J connectivity index is 1.74. The molecule has 0 aromatic heterocycles. The van der Waals surface area contributed by atoms with E-state index in [0.29, 0.717) is 0 Å². The average molecular weight is 609 g/mol. The number of benzene rings is 4. The number of hydrogen-bond donors (Lipinski definition) is 0. The summed E-state index contributed by atoms with van der Waals surface area (Å²) in [5, 5.41) is 3.23. The molecule has 0 bridgehead atoms. The number of esters is 1. The van der Waals surface area contributed by atoms with Crippen LogP contribution in [0.5, 0.6) is 0 Å². The van der Waals surface area contributed by atoms with Gasteiger partial charge in [0.05, 0.1) is 17.5 Å². The van der Waals surface area contributed by atoms with E-state index in [0.717, 1.165) is 21.5 Å². The molecule has 0 N–H and O–H groups in total. The van der Waals surface area contributed by atoms with Crippen molar-refractivity contribution in [3.63, 3.8) is 0 Å². The van der Waals surface area contributed by atoms with Crippen LogP contribution in [0.25, 0.3) is 0 Å². The van der Waals surface area contributed by atoms with Gasteiger partial charge >= 0.3 is 5.97 Å². The molecule has 218 valence electrons. The molecule has 4 unspecified atom stereocenters. The molecule has 1 saturated heterocycles. The lowest BCUT2D eigenvalue weighted by Crippen LogP contribution is -2.53. The summed E-state index contributed by atoms with van der Waals surface area (Å²) in [4.78, 5) is 14.4. The van der Waals surface area contributed by atoms with E-state index in [1.165, 1.54) is 11.4 Å². The number of carbonyl (C=O) groups is 1. The second kappa shape index (κ2) is 11.3. The van der Waals surface area contributed by atoms with Gasteiger partial charge in [-0.1, -0.05) is 96.6 Å². The highest BCUT2D eigenvalue weighted by atomic mass is 32.2. The number of nitrogens with zero attached hydrogens (tertiary/aromatic N) is 1. The fraction of sp³-hybridized carbons (Fsp3) is 0.194. The van der Waals surface area contributed by atoms with Crippen LogP contribution >= 0.6 is 7.26 Å². The van der Waals surface area contributed by atoms with Crippen LogP contribution in [0, 0.1) is 12.8 Å². The summed E-state index contributed by atoms with van der Waals surface area (Å²) in [6, 6.07) is 36.6. The molecule has 4 aromatic carbocycles. The van der Waals surface area contributed by atoms with E-state index in [1.54, 1.807) is 24.3 Å². The number of aryl methyl sites for hydroxylation is 1. The summed E-state index contributed by atoms with van der Waals surface area (Å²) in [5.41, 5.74) is -0.556. The van der Waals surface area contributed by atoms with Crippen molar-refractivity contribution in [3.8, 4) is 0 Å². The molecule has 5 nitrogen and oxygen atoms in total. The number of hydrogen-bond acceptors (Lipinski definition) is 4. The molecular formula is C36H35NO4PS+. The van der Waals surface area contributed by atoms with Crippen molar-refractivity contribution in [2.45, 2.75) is 36.0 Å². The van der Waals surface area contributed by atoms with Crippen molar-refractivity contribution < 1.29 is 17.9 Å². The van der Waals surface area contributed by atoms with Crippen LogP contribution in [0.2, 0.25) is 0 Å². The monoisotopic (exact) mass is 608 g/mol. The van der Waals surface area contributed by atoms with Crippen LogP contribution in [0.3, 0.4) is 0 Å². The Morgan fingerprint density at radius 1 is 0.767 bits per heavy atom. The van der Waals surface area contributed by atoms with Crippen LogP contribution in [0.15, 0.2) is 144 Å². The van der Waals surface area contributed by atoms with Crippen molar-refractivity contribution >= 4 is 39.2 Å². The highest BCUT2D eigenvalue weighted by Crippen LogP contribution is 2.68. The van der Waals surface area contributed by atoms with Gasteiger partial charge in [-0.2, -0.15) is 4.31 Å². The maximum Gasteiger partial charge on any atom is 0.328 e. The first-order valence-corrected chi connectivity index (χ1v) is 17.7. The summed E-state index contributed by atoms with van der Waals surface area (Å²) in [6.07, 6.45) is 7.90. The molecule has 1 aliphatic heterocycles. The van der Waals surface area contributed by atoms with Gasteiger partial charge in [0, 0.05) is 5.92 Å². The van der Waals surface area contributed by atoms with Crippen LogP contribution in [0.1, 0.15) is 12.5 Å². The summed E-state index contributed by atoms with van der Waals surface area (Å²) in [6.45, 7) is 3.86. The quantitative estimate of drug-likeness (QED) is 0.208. The number of carbonyl (C=O) groups excluding carboxylic acids is 1. The van der Waals surface area contributed by atoms with Gasteiger partial charge in [0.1, 0.15) is 28.8 Å². The summed E-state index contributed by atoms with van der Waals surface area (Å²) < 4.78 is 36.6. The second-order valence-corrected chi connectivity index (χ2v) is 16.7. The predicted molar refractivity (Wildman–Crippen MR) is 175 cm³/mol. The molecular weight excluding hydrogens is 573 g/mol. The summed E-state index contributed by atoms with van der Waals surface area (Å²) in [7, 11) is -5.57. The third-order valence-corrected chi connectivity index (χ3v) is 15.8. The third kappa shape index (κ3) is 4.60. The van der Waals surface area contributed by atoms with Crippen molar-refractivity contribution in [2.24, 2.45) is 5.92 Å². The van der Waals surface area contributed by atoms with E-state index in [1.807, 2.05) is 86.7 Å². The molecule has 7 heteroatoms. The molecule has 6 rings (SSSR count). The van der Waals surface area contributed by atoms with Crippen LogP contribution in [-0.2, 0) is 19.6 Å². The minimum atomic E-state index is -4.16. The van der Waals surface area contributed by atoms with Gasteiger partial charge in [-0.25, -0.2) is 8.42 Å². The minimum Gasteiger partial charge on any atom is -0.468 e. The van der Waals surface area contributed by atoms with Gasteiger partial charge in [-0.15, -0.1) is 0 Å². The largest absolute Gasteiger partial charge is 0.468 e. The van der Waals surface area contributed by atoms with E-state index in [2.05, 4.69) is 42.5 Å². The van der Waals surface area contributed by atoms with Crippen molar-refractivity contribution in [2.75, 3.05) is 7.11 Å². The molecule has 43 heavy (non-hydrogen) atoms. The zero-order chi connectivity index (χ0) is 30.2. The zero-order valence-electron chi connectivity index (χ0n) is 24.4. The van der Waals surface area contributed by atoms with Gasteiger partial charge in [-0.05, 0) is 62.4 Å². The highest BCUT2D eigenvalue weighted by Gasteiger charge is 2.72. The molecule has 0 spiro atoms. The number of fused-ring (bicyclic) bond motifs is 1. The van der Waals surface area contributed by atoms with E-state index in [9.17, 15) is 13.2 Å². The summed E-state index contributed by atoms with van der Waals surface area (Å²) in [5.74, 6) is -0.902. The van der Waals surface area contributed by atoms with Crippen molar-refractivity contribution in [1.29, 1.82) is 0 Å². The maximum absolute atomic E-state index is 14.8. The predicted octanol–water partition coefficient (Wildman–Crippen LogP) is 5.40. The molecule has 0 saturated carbocycles. The topological polar surface area (TPSA) is 63.7 Å². The smallest absolute Gasteiger partial charge is 0.328 e. The van der Waals surface area contributed by atoms with E-state index in [-0.39, 0.29) is 10.8 Å². The Labute approximate surface area is 254 Å². The minimum absolute atomic E-state index is 0.152. The molecule has 1 fully saturated rings. The molecule has 1 aliphatic carbocycles. The fourth-order valence-electron chi connectivity index (χ4n) is 7.05. The first kappa shape index (κ1) is 29.3. The number of rotatable bonds is 7. The van der Waals surface area contributed by atoms with Crippen LogP contribution < -0.4 is 15.9 Å². The van der Waals surface area contributed by atoms with E-state index < -0.39 is 40.5 Å². The van der Waals surface area contributed by atoms with Gasteiger partial charge in [-0.3, -0.25) is 4.79 Å².